The van der Waals surface area contributed by atoms with Crippen LogP contribution in [0.15, 0.2) is 24.4 Å². The lowest BCUT2D eigenvalue weighted by atomic mass is 10.1. The molecular weight excluding hydrogens is 336 g/mol. The van der Waals surface area contributed by atoms with Gasteiger partial charge in [-0.3, -0.25) is 4.79 Å². The van der Waals surface area contributed by atoms with Gasteiger partial charge in [-0.15, -0.1) is 0 Å². The summed E-state index contributed by atoms with van der Waals surface area (Å²) in [4.78, 5) is 11.4. The molecule has 9 heteroatoms. The number of fused-ring (bicyclic) bond motifs is 1. The average Bonchev–Trinajstić information content (AvgIpc) is 2.73. The number of benzene rings is 1. The summed E-state index contributed by atoms with van der Waals surface area (Å²) >= 11 is 5.80. The number of alkyl halides is 6. The number of Topliss-reactive ketones (excluding diaryl/α,β-unsaturated/α-hetero) is 1. The Morgan fingerprint density at radius 1 is 1.14 bits per heavy atom. The molecule has 0 aliphatic rings. The lowest BCUT2D eigenvalue weighted by molar-refractivity contribution is -0.136. The molecule has 0 radical (unpaired) electrons. The summed E-state index contributed by atoms with van der Waals surface area (Å²) in [5.41, 5.74) is -0.709. The van der Waals surface area contributed by atoms with Crippen molar-refractivity contribution in [1.82, 2.24) is 4.57 Å². The first kappa shape index (κ1) is 16.7. The number of carbonyl (C=O) groups is 1. The Morgan fingerprint density at radius 3 is 2.32 bits per heavy atom. The monoisotopic (exact) mass is 343 g/mol. The number of hydrogen-bond acceptors (Lipinski definition) is 1. The van der Waals surface area contributed by atoms with Crippen LogP contribution in [0.25, 0.3) is 10.9 Å². The van der Waals surface area contributed by atoms with Crippen molar-refractivity contribution in [2.75, 3.05) is 0 Å². The molecule has 1 heterocycles. The van der Waals surface area contributed by atoms with E-state index in [0.717, 1.165) is 10.8 Å². The van der Waals surface area contributed by atoms with Gasteiger partial charge in [0.1, 0.15) is 0 Å². The first-order valence-electron chi connectivity index (χ1n) is 5.96. The Kier molecular flexibility index (Phi) is 4.16. The normalized spacial score (nSPS) is 12.9. The first-order chi connectivity index (χ1) is 10.0. The van der Waals surface area contributed by atoms with Crippen molar-refractivity contribution in [2.24, 2.45) is 0 Å². The quantitative estimate of drug-likeness (QED) is 0.568. The molecule has 0 amide bonds. The summed E-state index contributed by atoms with van der Waals surface area (Å²) < 4.78 is 75.6. The molecule has 120 valence electrons. The molecule has 0 unspecified atom stereocenters. The smallest absolute Gasteiger partial charge is 0.346 e. The predicted molar refractivity (Wildman–Crippen MR) is 68.0 cm³/mol. The van der Waals surface area contributed by atoms with Crippen LogP contribution in [0.1, 0.15) is 16.8 Å². The summed E-state index contributed by atoms with van der Waals surface area (Å²) in [5, 5.41) is -0.329. The third-order valence-electron chi connectivity index (χ3n) is 2.99. The van der Waals surface area contributed by atoms with E-state index in [9.17, 15) is 31.1 Å². The van der Waals surface area contributed by atoms with E-state index >= 15 is 0 Å². The Morgan fingerprint density at radius 2 is 1.77 bits per heavy atom. The molecule has 0 atom stereocenters. The molecule has 2 rings (SSSR count). The topological polar surface area (TPSA) is 22.0 Å². The zero-order valence-corrected chi connectivity index (χ0v) is 11.5. The number of hydrogen-bond donors (Lipinski definition) is 0. The second-order valence-corrected chi connectivity index (χ2v) is 4.97. The lowest BCUT2D eigenvalue weighted by Gasteiger charge is -2.08. The number of aromatic nitrogens is 1. The minimum atomic E-state index is -5.14. The molecule has 2 aromatic rings. The summed E-state index contributed by atoms with van der Waals surface area (Å²) in [7, 11) is 0. The van der Waals surface area contributed by atoms with Gasteiger partial charge >= 0.3 is 12.4 Å². The summed E-state index contributed by atoms with van der Waals surface area (Å²) in [6.45, 7) is -0.606. The molecule has 0 saturated heterocycles. The molecule has 1 aromatic carbocycles. The second kappa shape index (κ2) is 5.49. The van der Waals surface area contributed by atoms with Gasteiger partial charge in [-0.05, 0) is 12.1 Å². The van der Waals surface area contributed by atoms with Crippen molar-refractivity contribution in [3.63, 3.8) is 0 Å². The van der Waals surface area contributed by atoms with Gasteiger partial charge in [-0.2, -0.15) is 26.3 Å². The molecule has 0 saturated carbocycles. The fourth-order valence-corrected chi connectivity index (χ4v) is 2.34. The molecule has 1 aromatic heterocycles. The maximum Gasteiger partial charge on any atom is 0.454 e. The molecule has 0 spiro atoms. The van der Waals surface area contributed by atoms with Crippen LogP contribution in [0.2, 0.25) is 5.02 Å². The Balaban J connectivity index is 2.56. The van der Waals surface area contributed by atoms with Gasteiger partial charge < -0.3 is 4.57 Å². The molecule has 22 heavy (non-hydrogen) atoms. The molecular formula is C13H8ClF6NO. The van der Waals surface area contributed by atoms with Gasteiger partial charge in [0.15, 0.2) is 0 Å². The molecule has 0 aliphatic heterocycles. The van der Waals surface area contributed by atoms with Crippen LogP contribution in [-0.4, -0.2) is 22.7 Å². The second-order valence-electron chi connectivity index (χ2n) is 4.56. The summed E-state index contributed by atoms with van der Waals surface area (Å²) in [5.74, 6) is -2.14. The standard InChI is InChI=1S/C13H8ClF6NO/c14-8-2-1-3-9-10(8)7(11(22)13(18,19)20)6-21(9)5-4-12(15,16)17/h1-3,6H,4-5H2. The molecule has 0 bridgehead atoms. The van der Waals surface area contributed by atoms with Gasteiger partial charge in [0.2, 0.25) is 0 Å². The van der Waals surface area contributed by atoms with E-state index in [4.69, 9.17) is 11.6 Å². The SMILES string of the molecule is O=C(c1cn(CCC(F)(F)F)c2cccc(Cl)c12)C(F)(F)F. The van der Waals surface area contributed by atoms with E-state index < -0.39 is 36.7 Å². The van der Waals surface area contributed by atoms with Crippen LogP contribution in [0.4, 0.5) is 26.3 Å². The number of nitrogens with zero attached hydrogens (tertiary/aromatic N) is 1. The fraction of sp³-hybridized carbons (Fsp3) is 0.308. The highest BCUT2D eigenvalue weighted by Gasteiger charge is 2.41. The number of ketones is 1. The van der Waals surface area contributed by atoms with Gasteiger partial charge in [0, 0.05) is 18.1 Å². The van der Waals surface area contributed by atoms with Crippen molar-refractivity contribution < 1.29 is 31.1 Å². The lowest BCUT2D eigenvalue weighted by Crippen LogP contribution is -2.22. The molecule has 0 fully saturated rings. The highest BCUT2D eigenvalue weighted by Crippen LogP contribution is 2.33. The van der Waals surface area contributed by atoms with Crippen molar-refractivity contribution in [3.05, 3.63) is 35.0 Å². The van der Waals surface area contributed by atoms with Gasteiger partial charge in [0.25, 0.3) is 5.78 Å². The van der Waals surface area contributed by atoms with E-state index in [1.807, 2.05) is 0 Å². The van der Waals surface area contributed by atoms with Crippen molar-refractivity contribution in [2.45, 2.75) is 25.3 Å². The van der Waals surface area contributed by atoms with Crippen molar-refractivity contribution >= 4 is 28.3 Å². The molecule has 0 N–H and O–H groups in total. The van der Waals surface area contributed by atoms with Crippen LogP contribution in [0.5, 0.6) is 0 Å². The van der Waals surface area contributed by atoms with Crippen LogP contribution in [0, 0.1) is 0 Å². The number of aryl methyl sites for hydroxylation is 1. The highest BCUT2D eigenvalue weighted by atomic mass is 35.5. The maximum absolute atomic E-state index is 12.6. The maximum atomic E-state index is 12.6. The Labute approximate surface area is 125 Å². The Hall–Kier alpha value is -1.70. The zero-order valence-electron chi connectivity index (χ0n) is 10.7. The van der Waals surface area contributed by atoms with Crippen LogP contribution < -0.4 is 0 Å². The number of halogens is 7. The van der Waals surface area contributed by atoms with E-state index in [-0.39, 0.29) is 15.9 Å². The minimum absolute atomic E-state index is 0.0457. The van der Waals surface area contributed by atoms with Crippen molar-refractivity contribution in [3.8, 4) is 0 Å². The summed E-state index contributed by atoms with van der Waals surface area (Å²) in [6.07, 6.45) is -10.1. The largest absolute Gasteiger partial charge is 0.454 e. The van der Waals surface area contributed by atoms with E-state index in [0.29, 0.717) is 0 Å². The predicted octanol–water partition coefficient (Wildman–Crippen LogP) is 4.99. The van der Waals surface area contributed by atoms with Gasteiger partial charge in [0.05, 0.1) is 22.5 Å². The number of carbonyl (C=O) groups excluding carboxylic acids is 1. The minimum Gasteiger partial charge on any atom is -0.346 e. The molecule has 2 nitrogen and oxygen atoms in total. The molecule has 0 aliphatic carbocycles. The van der Waals surface area contributed by atoms with Gasteiger partial charge in [-0.25, -0.2) is 0 Å². The van der Waals surface area contributed by atoms with E-state index in [2.05, 4.69) is 0 Å². The van der Waals surface area contributed by atoms with Crippen LogP contribution in [0.3, 0.4) is 0 Å². The fourth-order valence-electron chi connectivity index (χ4n) is 2.07. The zero-order chi connectivity index (χ0) is 16.7. The van der Waals surface area contributed by atoms with Gasteiger partial charge in [-0.1, -0.05) is 17.7 Å². The van der Waals surface area contributed by atoms with Crippen molar-refractivity contribution in [1.29, 1.82) is 0 Å². The van der Waals surface area contributed by atoms with Crippen LogP contribution in [-0.2, 0) is 6.54 Å². The van der Waals surface area contributed by atoms with E-state index in [1.165, 1.54) is 18.2 Å². The third kappa shape index (κ3) is 3.37. The summed E-state index contributed by atoms with van der Waals surface area (Å²) in [6, 6.07) is 3.96. The average molecular weight is 344 g/mol. The Bertz CT molecular complexity index is 716. The first-order valence-corrected chi connectivity index (χ1v) is 6.34. The van der Waals surface area contributed by atoms with Crippen LogP contribution >= 0.6 is 11.6 Å². The third-order valence-corrected chi connectivity index (χ3v) is 3.31. The van der Waals surface area contributed by atoms with E-state index in [1.54, 1.807) is 0 Å². The highest BCUT2D eigenvalue weighted by molar-refractivity contribution is 6.37. The number of rotatable bonds is 3.